The molecule has 1 saturated carbocycles. The topological polar surface area (TPSA) is 150 Å². The normalized spacial score (nSPS) is 29.5. The lowest BCUT2D eigenvalue weighted by atomic mass is 9.78. The van der Waals surface area contributed by atoms with E-state index < -0.39 is 25.0 Å². The predicted octanol–water partition coefficient (Wildman–Crippen LogP) is -1.04. The van der Waals surface area contributed by atoms with E-state index in [-0.39, 0.29) is 30.0 Å². The molecule has 1 heterocycles. The number of carboxylic acid groups (broad SMARTS) is 1. The Morgan fingerprint density at radius 1 is 1.29 bits per heavy atom. The standard InChI is InChI=1S/C14H25BN2O5.CH5N/c1-8(16)13(18)17-6-9-5-11(14(19)20)10(12(9)7-17)3-2-4-15(21)22;1-2/h8-12,21-22H,2-7,16H2,1H3,(H,19,20);2H2,1H3. The molecule has 0 radical (unpaired) electrons. The van der Waals surface area contributed by atoms with Gasteiger partial charge in [-0.1, -0.05) is 6.42 Å². The van der Waals surface area contributed by atoms with Crippen molar-refractivity contribution in [3.05, 3.63) is 0 Å². The molecule has 1 amide bonds. The van der Waals surface area contributed by atoms with E-state index in [4.69, 9.17) is 15.8 Å². The Labute approximate surface area is 143 Å². The molecule has 1 aliphatic carbocycles. The van der Waals surface area contributed by atoms with Crippen LogP contribution in [0.4, 0.5) is 0 Å². The highest BCUT2D eigenvalue weighted by atomic mass is 16.4. The van der Waals surface area contributed by atoms with Crippen molar-refractivity contribution in [2.75, 3.05) is 20.1 Å². The van der Waals surface area contributed by atoms with Crippen LogP contribution < -0.4 is 11.5 Å². The van der Waals surface area contributed by atoms with Crippen LogP contribution in [0.2, 0.25) is 6.32 Å². The molecule has 7 N–H and O–H groups in total. The van der Waals surface area contributed by atoms with Gasteiger partial charge in [-0.2, -0.15) is 0 Å². The van der Waals surface area contributed by atoms with Crippen LogP contribution in [-0.4, -0.2) is 65.2 Å². The van der Waals surface area contributed by atoms with E-state index in [0.29, 0.717) is 32.4 Å². The Morgan fingerprint density at radius 2 is 1.92 bits per heavy atom. The van der Waals surface area contributed by atoms with Gasteiger partial charge in [0.05, 0.1) is 12.0 Å². The maximum atomic E-state index is 12.0. The number of amides is 1. The third-order valence-corrected chi connectivity index (χ3v) is 5.13. The Hall–Kier alpha value is -1.16. The first-order valence-corrected chi connectivity index (χ1v) is 8.52. The molecule has 5 atom stereocenters. The molecule has 8 nitrogen and oxygen atoms in total. The first-order valence-electron chi connectivity index (χ1n) is 8.52. The van der Waals surface area contributed by atoms with Gasteiger partial charge in [-0.15, -0.1) is 0 Å². The van der Waals surface area contributed by atoms with Gasteiger partial charge in [-0.05, 0) is 50.9 Å². The van der Waals surface area contributed by atoms with Crippen molar-refractivity contribution in [2.24, 2.45) is 35.1 Å². The molecular formula is C15H30BN3O5. The van der Waals surface area contributed by atoms with Crippen molar-refractivity contribution in [1.29, 1.82) is 0 Å². The number of hydrogen-bond donors (Lipinski definition) is 5. The van der Waals surface area contributed by atoms with Crippen molar-refractivity contribution in [2.45, 2.75) is 38.5 Å². The van der Waals surface area contributed by atoms with Crippen LogP contribution in [0.5, 0.6) is 0 Å². The maximum absolute atomic E-state index is 12.0. The molecule has 2 rings (SSSR count). The van der Waals surface area contributed by atoms with Crippen LogP contribution >= 0.6 is 0 Å². The molecule has 2 aliphatic rings. The maximum Gasteiger partial charge on any atom is 0.451 e. The summed E-state index contributed by atoms with van der Waals surface area (Å²) >= 11 is 0. The number of likely N-dealkylation sites (tertiary alicyclic amines) is 1. The highest BCUT2D eigenvalue weighted by Crippen LogP contribution is 2.48. The molecule has 0 spiro atoms. The van der Waals surface area contributed by atoms with Gasteiger partial charge in [-0.3, -0.25) is 9.59 Å². The second-order valence-corrected chi connectivity index (χ2v) is 6.71. The number of fused-ring (bicyclic) bond motifs is 1. The second kappa shape index (κ2) is 9.36. The number of rotatable bonds is 6. The molecule has 24 heavy (non-hydrogen) atoms. The monoisotopic (exact) mass is 343 g/mol. The zero-order valence-electron chi connectivity index (χ0n) is 14.5. The van der Waals surface area contributed by atoms with E-state index >= 15 is 0 Å². The summed E-state index contributed by atoms with van der Waals surface area (Å²) in [5, 5.41) is 27.3. The largest absolute Gasteiger partial charge is 0.481 e. The number of carbonyl (C=O) groups excluding carboxylic acids is 1. The van der Waals surface area contributed by atoms with Gasteiger partial charge in [0.2, 0.25) is 5.91 Å². The average Bonchev–Trinajstić information content (AvgIpc) is 3.07. The van der Waals surface area contributed by atoms with Crippen LogP contribution in [0, 0.1) is 23.7 Å². The molecule has 0 bridgehead atoms. The fourth-order valence-corrected chi connectivity index (χ4v) is 4.13. The Balaban J connectivity index is 0.00000139. The number of carboxylic acids is 1. The van der Waals surface area contributed by atoms with Crippen molar-refractivity contribution in [3.63, 3.8) is 0 Å². The first kappa shape index (κ1) is 20.9. The van der Waals surface area contributed by atoms with Crippen molar-refractivity contribution in [1.82, 2.24) is 4.90 Å². The Bertz CT molecular complexity index is 435. The Kier molecular flexibility index (Phi) is 8.15. The quantitative estimate of drug-likeness (QED) is 0.386. The average molecular weight is 343 g/mol. The lowest BCUT2D eigenvalue weighted by Gasteiger charge is -2.25. The van der Waals surface area contributed by atoms with Gasteiger partial charge in [-0.25, -0.2) is 0 Å². The van der Waals surface area contributed by atoms with Crippen LogP contribution in [0.25, 0.3) is 0 Å². The summed E-state index contributed by atoms with van der Waals surface area (Å²) < 4.78 is 0. The van der Waals surface area contributed by atoms with E-state index in [9.17, 15) is 14.7 Å². The molecule has 0 aromatic heterocycles. The van der Waals surface area contributed by atoms with E-state index in [1.54, 1.807) is 11.8 Å². The third kappa shape index (κ3) is 4.92. The minimum absolute atomic E-state index is 0.00729. The van der Waals surface area contributed by atoms with E-state index in [2.05, 4.69) is 5.73 Å². The highest BCUT2D eigenvalue weighted by molar-refractivity contribution is 6.40. The summed E-state index contributed by atoms with van der Waals surface area (Å²) in [6.07, 6.45) is 2.07. The first-order chi connectivity index (χ1) is 11.3. The second-order valence-electron chi connectivity index (χ2n) is 6.71. The van der Waals surface area contributed by atoms with Crippen molar-refractivity contribution >= 4 is 19.0 Å². The molecule has 1 aliphatic heterocycles. The van der Waals surface area contributed by atoms with Crippen LogP contribution in [0.15, 0.2) is 0 Å². The molecule has 1 saturated heterocycles. The lowest BCUT2D eigenvalue weighted by molar-refractivity contribution is -0.143. The van der Waals surface area contributed by atoms with Gasteiger partial charge in [0.25, 0.3) is 0 Å². The summed E-state index contributed by atoms with van der Waals surface area (Å²) in [4.78, 5) is 25.2. The SMILES string of the molecule is CC(N)C(=O)N1CC2CC(C(=O)O)C(CCCB(O)O)C2C1.CN. The fourth-order valence-electron chi connectivity index (χ4n) is 4.13. The molecule has 138 valence electrons. The van der Waals surface area contributed by atoms with Gasteiger partial charge < -0.3 is 31.5 Å². The summed E-state index contributed by atoms with van der Waals surface area (Å²) in [6, 6.07) is -0.530. The summed E-state index contributed by atoms with van der Waals surface area (Å²) in [5.74, 6) is -0.863. The van der Waals surface area contributed by atoms with Crippen molar-refractivity contribution in [3.8, 4) is 0 Å². The van der Waals surface area contributed by atoms with Crippen LogP contribution in [0.1, 0.15) is 26.2 Å². The molecule has 0 aromatic rings. The van der Waals surface area contributed by atoms with Crippen LogP contribution in [-0.2, 0) is 9.59 Å². The number of aliphatic carboxylic acids is 1. The Morgan fingerprint density at radius 3 is 2.42 bits per heavy atom. The summed E-state index contributed by atoms with van der Waals surface area (Å²) in [5.41, 5.74) is 10.1. The molecular weight excluding hydrogens is 313 g/mol. The van der Waals surface area contributed by atoms with E-state index in [1.165, 1.54) is 7.05 Å². The van der Waals surface area contributed by atoms with Crippen molar-refractivity contribution < 1.29 is 24.7 Å². The zero-order valence-corrected chi connectivity index (χ0v) is 14.5. The summed E-state index contributed by atoms with van der Waals surface area (Å²) in [7, 11) is 0.153. The van der Waals surface area contributed by atoms with E-state index in [0.717, 1.165) is 0 Å². The predicted molar refractivity (Wildman–Crippen MR) is 90.8 cm³/mol. The van der Waals surface area contributed by atoms with Gasteiger partial charge in [0, 0.05) is 13.1 Å². The summed E-state index contributed by atoms with van der Waals surface area (Å²) in [6.45, 7) is 2.83. The highest BCUT2D eigenvalue weighted by Gasteiger charge is 2.51. The lowest BCUT2D eigenvalue weighted by Crippen LogP contribution is -2.42. The fraction of sp³-hybridized carbons (Fsp3) is 0.867. The number of nitrogens with zero attached hydrogens (tertiary/aromatic N) is 1. The van der Waals surface area contributed by atoms with Gasteiger partial charge >= 0.3 is 13.1 Å². The minimum Gasteiger partial charge on any atom is -0.481 e. The third-order valence-electron chi connectivity index (χ3n) is 5.13. The number of carbonyl (C=O) groups is 2. The number of nitrogens with two attached hydrogens (primary N) is 2. The molecule has 2 fully saturated rings. The van der Waals surface area contributed by atoms with Crippen LogP contribution in [0.3, 0.4) is 0 Å². The van der Waals surface area contributed by atoms with Gasteiger partial charge in [0.1, 0.15) is 0 Å². The molecule has 9 heteroatoms. The zero-order chi connectivity index (χ0) is 18.4. The minimum atomic E-state index is -1.35. The number of hydrogen-bond acceptors (Lipinski definition) is 6. The molecule has 5 unspecified atom stereocenters. The van der Waals surface area contributed by atoms with E-state index in [1.807, 2.05) is 0 Å². The molecule has 0 aromatic carbocycles. The van der Waals surface area contributed by atoms with Gasteiger partial charge in [0.15, 0.2) is 0 Å². The smallest absolute Gasteiger partial charge is 0.451 e.